The fourth-order valence-electron chi connectivity index (χ4n) is 2.82. The largest absolute Gasteiger partial charge is 0.372 e. The Hall–Kier alpha value is -2.87. The van der Waals surface area contributed by atoms with E-state index in [2.05, 4.69) is 5.32 Å². The van der Waals surface area contributed by atoms with Crippen LogP contribution >= 0.6 is 0 Å². The van der Waals surface area contributed by atoms with Gasteiger partial charge in [0.2, 0.25) is 5.60 Å². The molecule has 5 nitrogen and oxygen atoms in total. The smallest absolute Gasteiger partial charge is 0.268 e. The molecule has 1 saturated heterocycles. The van der Waals surface area contributed by atoms with Crippen LogP contribution in [0, 0.1) is 17.5 Å². The first-order chi connectivity index (χ1) is 12.3. The van der Waals surface area contributed by atoms with Crippen LogP contribution in [-0.4, -0.2) is 29.1 Å². The average Bonchev–Trinajstić information content (AvgIpc) is 2.89. The van der Waals surface area contributed by atoms with Gasteiger partial charge in [-0.25, -0.2) is 13.2 Å². The molecule has 26 heavy (non-hydrogen) atoms. The number of nitrogens with zero attached hydrogens (tertiary/aromatic N) is 1. The molecule has 8 heteroatoms. The van der Waals surface area contributed by atoms with Crippen LogP contribution in [0.25, 0.3) is 0 Å². The number of aliphatic hydroxyl groups is 1. The minimum atomic E-state index is -2.29. The van der Waals surface area contributed by atoms with Gasteiger partial charge < -0.3 is 15.3 Å². The lowest BCUT2D eigenvalue weighted by atomic mass is 10.0. The molecule has 3 rings (SSSR count). The van der Waals surface area contributed by atoms with E-state index in [-0.39, 0.29) is 25.1 Å². The molecule has 0 unspecified atom stereocenters. The lowest BCUT2D eigenvalue weighted by molar-refractivity contribution is -0.149. The van der Waals surface area contributed by atoms with E-state index in [0.717, 1.165) is 12.1 Å². The van der Waals surface area contributed by atoms with Crippen molar-refractivity contribution in [3.8, 4) is 0 Å². The van der Waals surface area contributed by atoms with E-state index in [4.69, 9.17) is 0 Å². The molecule has 2 aromatic carbocycles. The Labute approximate surface area is 147 Å². The van der Waals surface area contributed by atoms with Gasteiger partial charge in [0.25, 0.3) is 11.8 Å². The summed E-state index contributed by atoms with van der Waals surface area (Å²) in [4.78, 5) is 26.0. The summed E-state index contributed by atoms with van der Waals surface area (Å²) < 4.78 is 39.3. The second-order valence-corrected chi connectivity index (χ2v) is 6.00. The minimum Gasteiger partial charge on any atom is -0.372 e. The molecule has 2 aromatic rings. The average molecular weight is 364 g/mol. The number of carbonyl (C=O) groups is 2. The summed E-state index contributed by atoms with van der Waals surface area (Å²) >= 11 is 0. The molecule has 0 radical (unpaired) electrons. The van der Waals surface area contributed by atoms with Crippen molar-refractivity contribution in [2.24, 2.45) is 0 Å². The first-order valence-corrected chi connectivity index (χ1v) is 7.83. The van der Waals surface area contributed by atoms with E-state index in [1.165, 1.54) is 29.2 Å². The number of hydrogen-bond donors (Lipinski definition) is 2. The zero-order valence-corrected chi connectivity index (χ0v) is 13.5. The molecule has 0 saturated carbocycles. The number of anilines is 1. The Balaban J connectivity index is 1.70. The molecule has 1 aliphatic rings. The van der Waals surface area contributed by atoms with Gasteiger partial charge in [0, 0.05) is 31.3 Å². The zero-order chi connectivity index (χ0) is 18.9. The molecular formula is C18H15F3N2O3. The van der Waals surface area contributed by atoms with Crippen molar-refractivity contribution in [1.82, 2.24) is 5.32 Å². The fourth-order valence-corrected chi connectivity index (χ4v) is 2.82. The maximum atomic E-state index is 13.2. The Morgan fingerprint density at radius 2 is 1.69 bits per heavy atom. The molecule has 0 spiro atoms. The van der Waals surface area contributed by atoms with Crippen molar-refractivity contribution >= 4 is 17.5 Å². The second-order valence-electron chi connectivity index (χ2n) is 6.00. The van der Waals surface area contributed by atoms with E-state index >= 15 is 0 Å². The summed E-state index contributed by atoms with van der Waals surface area (Å²) in [6.45, 7) is -0.178. The van der Waals surface area contributed by atoms with Crippen molar-refractivity contribution in [2.45, 2.75) is 18.6 Å². The number of carbonyl (C=O) groups excluding carboxylic acids is 2. The van der Waals surface area contributed by atoms with Gasteiger partial charge in [0.15, 0.2) is 0 Å². The molecule has 0 bridgehead atoms. The highest BCUT2D eigenvalue weighted by molar-refractivity contribution is 6.16. The molecule has 1 atom stereocenters. The van der Waals surface area contributed by atoms with Crippen molar-refractivity contribution in [2.75, 3.05) is 11.4 Å². The third kappa shape index (κ3) is 3.41. The number of hydrogen-bond acceptors (Lipinski definition) is 3. The third-order valence-electron chi connectivity index (χ3n) is 4.19. The van der Waals surface area contributed by atoms with Crippen LogP contribution in [0.5, 0.6) is 0 Å². The van der Waals surface area contributed by atoms with Crippen LogP contribution < -0.4 is 10.2 Å². The quantitative estimate of drug-likeness (QED) is 0.814. The monoisotopic (exact) mass is 364 g/mol. The van der Waals surface area contributed by atoms with Crippen molar-refractivity contribution in [1.29, 1.82) is 0 Å². The summed E-state index contributed by atoms with van der Waals surface area (Å²) in [5, 5.41) is 12.8. The van der Waals surface area contributed by atoms with Crippen LogP contribution in [-0.2, 0) is 16.1 Å². The van der Waals surface area contributed by atoms with Crippen molar-refractivity contribution in [3.05, 3.63) is 65.5 Å². The van der Waals surface area contributed by atoms with Gasteiger partial charge in [-0.05, 0) is 42.0 Å². The van der Waals surface area contributed by atoms with E-state index in [0.29, 0.717) is 11.8 Å². The van der Waals surface area contributed by atoms with E-state index in [9.17, 15) is 27.9 Å². The van der Waals surface area contributed by atoms with Gasteiger partial charge >= 0.3 is 0 Å². The van der Waals surface area contributed by atoms with Crippen molar-refractivity contribution < 1.29 is 27.9 Å². The number of benzene rings is 2. The highest BCUT2D eigenvalue weighted by atomic mass is 19.1. The molecule has 0 aliphatic carbocycles. The molecule has 0 aromatic heterocycles. The maximum Gasteiger partial charge on any atom is 0.268 e. The van der Waals surface area contributed by atoms with Gasteiger partial charge in [-0.1, -0.05) is 0 Å². The first kappa shape index (κ1) is 17.9. The first-order valence-electron chi connectivity index (χ1n) is 7.83. The Morgan fingerprint density at radius 1 is 1.08 bits per heavy atom. The van der Waals surface area contributed by atoms with Gasteiger partial charge in [0.1, 0.15) is 17.5 Å². The van der Waals surface area contributed by atoms with E-state index < -0.39 is 34.9 Å². The second kappa shape index (κ2) is 6.80. The molecule has 1 aliphatic heterocycles. The number of nitrogens with one attached hydrogen (secondary N) is 1. The number of rotatable bonds is 4. The topological polar surface area (TPSA) is 69.6 Å². The zero-order valence-electron chi connectivity index (χ0n) is 13.5. The van der Waals surface area contributed by atoms with Crippen molar-refractivity contribution in [3.63, 3.8) is 0 Å². The molecular weight excluding hydrogens is 349 g/mol. The Morgan fingerprint density at radius 3 is 2.31 bits per heavy atom. The highest BCUT2D eigenvalue weighted by Gasteiger charge is 2.51. The SMILES string of the molecule is O=C(NCc1cc(F)cc(F)c1)[C@@]1(O)CCN(c2ccc(F)cc2)C1=O. The predicted molar refractivity (Wildman–Crippen MR) is 86.5 cm³/mol. The van der Waals surface area contributed by atoms with E-state index in [1.807, 2.05) is 0 Å². The van der Waals surface area contributed by atoms with Crippen LogP contribution in [0.4, 0.5) is 18.9 Å². The Bertz CT molecular complexity index is 837. The van der Waals surface area contributed by atoms with Gasteiger partial charge in [-0.3, -0.25) is 9.59 Å². The number of halogens is 3. The van der Waals surface area contributed by atoms with Crippen LogP contribution in [0.3, 0.4) is 0 Å². The molecule has 1 heterocycles. The van der Waals surface area contributed by atoms with Crippen LogP contribution in [0.1, 0.15) is 12.0 Å². The molecule has 2 N–H and O–H groups in total. The van der Waals surface area contributed by atoms with Gasteiger partial charge in [0.05, 0.1) is 0 Å². The molecule has 2 amide bonds. The third-order valence-corrected chi connectivity index (χ3v) is 4.19. The van der Waals surface area contributed by atoms with Crippen LogP contribution in [0.15, 0.2) is 42.5 Å². The minimum absolute atomic E-state index is 0.0724. The van der Waals surface area contributed by atoms with Gasteiger partial charge in [-0.15, -0.1) is 0 Å². The molecule has 1 fully saturated rings. The summed E-state index contributed by atoms with van der Waals surface area (Å²) in [6, 6.07) is 7.83. The van der Waals surface area contributed by atoms with Crippen LogP contribution in [0.2, 0.25) is 0 Å². The summed E-state index contributed by atoms with van der Waals surface area (Å²) in [7, 11) is 0. The molecule has 136 valence electrons. The lowest BCUT2D eigenvalue weighted by Gasteiger charge is -2.21. The summed E-state index contributed by atoms with van der Waals surface area (Å²) in [5.41, 5.74) is -1.78. The van der Waals surface area contributed by atoms with E-state index in [1.54, 1.807) is 0 Å². The summed E-state index contributed by atoms with van der Waals surface area (Å²) in [5.74, 6) is -3.88. The highest BCUT2D eigenvalue weighted by Crippen LogP contribution is 2.28. The maximum absolute atomic E-state index is 13.2. The Kier molecular flexibility index (Phi) is 4.69. The normalized spacial score (nSPS) is 19.7. The number of amides is 2. The fraction of sp³-hybridized carbons (Fsp3) is 0.222. The van der Waals surface area contributed by atoms with Gasteiger partial charge in [-0.2, -0.15) is 0 Å². The predicted octanol–water partition coefficient (Wildman–Crippen LogP) is 1.89. The summed E-state index contributed by atoms with van der Waals surface area (Å²) in [6.07, 6.45) is -0.160. The standard InChI is InChI=1S/C18H15F3N2O3/c19-12-1-3-15(4-2-12)23-6-5-18(26,17(23)25)16(24)22-10-11-7-13(20)9-14(21)8-11/h1-4,7-9,26H,5-6,10H2,(H,22,24)/t18-/m0/s1. The lowest BCUT2D eigenvalue weighted by Crippen LogP contribution is -2.52.